The Balaban J connectivity index is 1.60. The second-order valence-corrected chi connectivity index (χ2v) is 7.61. The Morgan fingerprint density at radius 3 is 2.63 bits per heavy atom. The van der Waals surface area contributed by atoms with Crippen LogP contribution in [0.3, 0.4) is 0 Å². The van der Waals surface area contributed by atoms with Crippen LogP contribution in [0.5, 0.6) is 0 Å². The summed E-state index contributed by atoms with van der Waals surface area (Å²) < 4.78 is 26.7. The number of aryl methyl sites for hydroxylation is 2. The summed E-state index contributed by atoms with van der Waals surface area (Å²) >= 11 is 0. The maximum absolute atomic E-state index is 13.4. The highest BCUT2D eigenvalue weighted by Gasteiger charge is 2.23. The van der Waals surface area contributed by atoms with Crippen molar-refractivity contribution in [2.45, 2.75) is 58.1 Å². The van der Waals surface area contributed by atoms with Crippen LogP contribution in [0.2, 0.25) is 0 Å². The minimum Gasteiger partial charge on any atom is -0.392 e. The molecule has 1 aliphatic carbocycles. The third kappa shape index (κ3) is 5.11. The van der Waals surface area contributed by atoms with Gasteiger partial charge in [-0.1, -0.05) is 19.9 Å². The lowest BCUT2D eigenvalue weighted by Crippen LogP contribution is -2.36. The zero-order valence-electron chi connectivity index (χ0n) is 16.0. The number of nitrogens with one attached hydrogen (secondary N) is 1. The van der Waals surface area contributed by atoms with E-state index in [4.69, 9.17) is 0 Å². The molecule has 1 aliphatic rings. The average Bonchev–Trinajstić information content (AvgIpc) is 2.64. The summed E-state index contributed by atoms with van der Waals surface area (Å²) in [6.45, 7) is 4.47. The number of rotatable bonds is 7. The average molecular weight is 374 g/mol. The first kappa shape index (κ1) is 19.9. The standard InChI is InChI=1S/C22H28F2N2O/c1-3-15-10-19-20(25-12-15)5-4-6-21(19)26-13-22(27)14(2)7-16-8-17(23)11-18(24)9-16/h8-12,14,21-22,26-27H,3-7,13H2,1-2H3/t14-,21?,22+/m0/s1. The minimum atomic E-state index is -0.593. The predicted molar refractivity (Wildman–Crippen MR) is 103 cm³/mol. The first-order valence-corrected chi connectivity index (χ1v) is 9.80. The molecular formula is C22H28F2N2O. The molecule has 2 aromatic rings. The number of hydrogen-bond donors (Lipinski definition) is 2. The Morgan fingerprint density at radius 1 is 1.19 bits per heavy atom. The summed E-state index contributed by atoms with van der Waals surface area (Å²) in [4.78, 5) is 4.60. The van der Waals surface area contributed by atoms with Crippen LogP contribution >= 0.6 is 0 Å². The molecule has 1 unspecified atom stereocenters. The van der Waals surface area contributed by atoms with Gasteiger partial charge in [0, 0.05) is 30.5 Å². The maximum atomic E-state index is 13.4. The topological polar surface area (TPSA) is 45.2 Å². The molecule has 0 spiro atoms. The molecule has 3 atom stereocenters. The molecule has 0 aliphatic heterocycles. The lowest BCUT2D eigenvalue weighted by Gasteiger charge is -2.28. The Hall–Kier alpha value is -1.85. The molecule has 3 nitrogen and oxygen atoms in total. The second kappa shape index (κ2) is 8.89. The van der Waals surface area contributed by atoms with Crippen molar-refractivity contribution in [3.63, 3.8) is 0 Å². The summed E-state index contributed by atoms with van der Waals surface area (Å²) in [7, 11) is 0. The molecule has 3 rings (SSSR count). The molecule has 0 fully saturated rings. The van der Waals surface area contributed by atoms with E-state index in [2.05, 4.69) is 23.3 Å². The lowest BCUT2D eigenvalue weighted by molar-refractivity contribution is 0.110. The molecular weight excluding hydrogens is 346 g/mol. The number of aromatic nitrogens is 1. The zero-order chi connectivity index (χ0) is 19.4. The summed E-state index contributed by atoms with van der Waals surface area (Å²) in [6, 6.07) is 5.95. The Labute approximate surface area is 159 Å². The van der Waals surface area contributed by atoms with Crippen LogP contribution < -0.4 is 5.32 Å². The number of nitrogens with zero attached hydrogens (tertiary/aromatic N) is 1. The fraction of sp³-hybridized carbons (Fsp3) is 0.500. The lowest BCUT2D eigenvalue weighted by atomic mass is 9.89. The third-order valence-electron chi connectivity index (χ3n) is 5.46. The van der Waals surface area contributed by atoms with E-state index >= 15 is 0 Å². The van der Waals surface area contributed by atoms with Crippen LogP contribution in [0.1, 0.15) is 55.1 Å². The fourth-order valence-corrected chi connectivity index (χ4v) is 3.80. The largest absolute Gasteiger partial charge is 0.392 e. The molecule has 1 aromatic heterocycles. The smallest absolute Gasteiger partial charge is 0.126 e. The molecule has 5 heteroatoms. The van der Waals surface area contributed by atoms with Gasteiger partial charge in [0.15, 0.2) is 0 Å². The molecule has 0 saturated carbocycles. The molecule has 1 heterocycles. The number of benzene rings is 1. The van der Waals surface area contributed by atoms with Crippen molar-refractivity contribution in [3.8, 4) is 0 Å². The first-order valence-electron chi connectivity index (χ1n) is 9.80. The van der Waals surface area contributed by atoms with E-state index in [9.17, 15) is 13.9 Å². The van der Waals surface area contributed by atoms with Gasteiger partial charge in [-0.3, -0.25) is 4.98 Å². The van der Waals surface area contributed by atoms with E-state index in [1.165, 1.54) is 23.3 Å². The van der Waals surface area contributed by atoms with E-state index in [0.29, 0.717) is 18.5 Å². The van der Waals surface area contributed by atoms with Gasteiger partial charge in [-0.2, -0.15) is 0 Å². The summed E-state index contributed by atoms with van der Waals surface area (Å²) in [5, 5.41) is 14.0. The van der Waals surface area contributed by atoms with Crippen LogP contribution in [0.4, 0.5) is 8.78 Å². The van der Waals surface area contributed by atoms with E-state index in [-0.39, 0.29) is 12.0 Å². The van der Waals surface area contributed by atoms with Crippen molar-refractivity contribution < 1.29 is 13.9 Å². The van der Waals surface area contributed by atoms with Gasteiger partial charge in [-0.25, -0.2) is 8.78 Å². The van der Waals surface area contributed by atoms with Gasteiger partial charge < -0.3 is 10.4 Å². The second-order valence-electron chi connectivity index (χ2n) is 7.61. The third-order valence-corrected chi connectivity index (χ3v) is 5.46. The highest BCUT2D eigenvalue weighted by Crippen LogP contribution is 2.29. The molecule has 27 heavy (non-hydrogen) atoms. The minimum absolute atomic E-state index is 0.109. The van der Waals surface area contributed by atoms with Gasteiger partial charge in [0.1, 0.15) is 11.6 Å². The molecule has 0 saturated heterocycles. The highest BCUT2D eigenvalue weighted by atomic mass is 19.1. The Morgan fingerprint density at radius 2 is 1.93 bits per heavy atom. The van der Waals surface area contributed by atoms with Gasteiger partial charge in [-0.15, -0.1) is 0 Å². The normalized spacial score (nSPS) is 18.8. The molecule has 0 radical (unpaired) electrons. The van der Waals surface area contributed by atoms with Crippen molar-refractivity contribution in [3.05, 3.63) is 64.5 Å². The number of aliphatic hydroxyl groups is 1. The molecule has 1 aromatic carbocycles. The van der Waals surface area contributed by atoms with Gasteiger partial charge in [0.25, 0.3) is 0 Å². The zero-order valence-corrected chi connectivity index (χ0v) is 16.0. The number of aliphatic hydroxyl groups excluding tert-OH is 1. The maximum Gasteiger partial charge on any atom is 0.126 e. The SMILES string of the molecule is CCc1cnc2c(c1)C(NC[C@@H](O)[C@@H](C)Cc1cc(F)cc(F)c1)CCC2. The van der Waals surface area contributed by atoms with Crippen LogP contribution in [0, 0.1) is 17.6 Å². The van der Waals surface area contributed by atoms with Gasteiger partial charge in [0.05, 0.1) is 6.10 Å². The van der Waals surface area contributed by atoms with E-state index < -0.39 is 17.7 Å². The van der Waals surface area contributed by atoms with Crippen molar-refractivity contribution in [2.24, 2.45) is 5.92 Å². The van der Waals surface area contributed by atoms with E-state index in [1.807, 2.05) is 13.1 Å². The van der Waals surface area contributed by atoms with Crippen LogP contribution in [-0.4, -0.2) is 22.7 Å². The Bertz CT molecular complexity index is 761. The molecule has 0 amide bonds. The monoisotopic (exact) mass is 374 g/mol. The quantitative estimate of drug-likeness (QED) is 0.766. The number of hydrogen-bond acceptors (Lipinski definition) is 3. The Kier molecular flexibility index (Phi) is 6.55. The van der Waals surface area contributed by atoms with E-state index in [1.54, 1.807) is 0 Å². The molecule has 2 N–H and O–H groups in total. The van der Waals surface area contributed by atoms with Crippen LogP contribution in [0.25, 0.3) is 0 Å². The van der Waals surface area contributed by atoms with Crippen LogP contribution in [-0.2, 0) is 19.3 Å². The summed E-state index contributed by atoms with van der Waals surface area (Å²) in [5.74, 6) is -1.27. The highest BCUT2D eigenvalue weighted by molar-refractivity contribution is 5.30. The van der Waals surface area contributed by atoms with Crippen molar-refractivity contribution in [1.82, 2.24) is 10.3 Å². The van der Waals surface area contributed by atoms with Crippen molar-refractivity contribution >= 4 is 0 Å². The van der Waals surface area contributed by atoms with Gasteiger partial charge in [0.2, 0.25) is 0 Å². The van der Waals surface area contributed by atoms with Crippen LogP contribution in [0.15, 0.2) is 30.5 Å². The molecule has 146 valence electrons. The van der Waals surface area contributed by atoms with Gasteiger partial charge in [-0.05, 0) is 66.8 Å². The van der Waals surface area contributed by atoms with Crippen molar-refractivity contribution in [1.29, 1.82) is 0 Å². The number of halogens is 2. The van der Waals surface area contributed by atoms with Crippen molar-refractivity contribution in [2.75, 3.05) is 6.54 Å². The van der Waals surface area contributed by atoms with E-state index in [0.717, 1.165) is 37.4 Å². The summed E-state index contributed by atoms with van der Waals surface area (Å²) in [6.07, 6.45) is 5.86. The molecule has 0 bridgehead atoms. The fourth-order valence-electron chi connectivity index (χ4n) is 3.80. The van der Waals surface area contributed by atoms with Gasteiger partial charge >= 0.3 is 0 Å². The number of pyridine rings is 1. The number of fused-ring (bicyclic) bond motifs is 1. The predicted octanol–water partition coefficient (Wildman–Crippen LogP) is 4.13. The summed E-state index contributed by atoms with van der Waals surface area (Å²) in [5.41, 5.74) is 4.18. The first-order chi connectivity index (χ1) is 13.0.